The fourth-order valence-corrected chi connectivity index (χ4v) is 3.65. The first-order valence-corrected chi connectivity index (χ1v) is 9.37. The molecule has 140 valence electrons. The van der Waals surface area contributed by atoms with Crippen molar-refractivity contribution in [3.05, 3.63) is 59.4 Å². The summed E-state index contributed by atoms with van der Waals surface area (Å²) in [6.45, 7) is 7.99. The minimum Gasteiger partial charge on any atom is -0.341 e. The number of aryl methyl sites for hydroxylation is 2. The minimum absolute atomic E-state index is 0.0246. The molecule has 27 heavy (non-hydrogen) atoms. The van der Waals surface area contributed by atoms with Crippen molar-refractivity contribution in [2.24, 2.45) is 0 Å². The van der Waals surface area contributed by atoms with Crippen LogP contribution in [0, 0.1) is 13.8 Å². The molecule has 1 aromatic heterocycles. The van der Waals surface area contributed by atoms with Crippen LogP contribution in [0.15, 0.2) is 42.5 Å². The van der Waals surface area contributed by atoms with Crippen molar-refractivity contribution in [2.45, 2.75) is 20.4 Å². The number of piperazine rings is 1. The molecular weight excluding hydrogens is 338 g/mol. The third-order valence-corrected chi connectivity index (χ3v) is 4.94. The standard InChI is InChI=1S/C21H25N5O/c1-15-11-16(2)13-17(12-15)22-21(27)26-9-7-25(8-10-26)14-20-23-18-5-3-4-6-19(18)24-20/h3-6,11-13H,7-10,14H2,1-2H3,(H,22,27)(H,23,24). The Hall–Kier alpha value is -2.86. The summed E-state index contributed by atoms with van der Waals surface area (Å²) < 4.78 is 0. The normalized spacial score (nSPS) is 15.3. The number of carbonyl (C=O) groups is 1. The zero-order valence-electron chi connectivity index (χ0n) is 15.8. The molecule has 2 N–H and O–H groups in total. The molecule has 0 atom stereocenters. The molecule has 0 aliphatic carbocycles. The summed E-state index contributed by atoms with van der Waals surface area (Å²) in [5, 5.41) is 3.03. The Morgan fingerprint density at radius 2 is 1.78 bits per heavy atom. The van der Waals surface area contributed by atoms with E-state index < -0.39 is 0 Å². The molecule has 0 radical (unpaired) electrons. The largest absolute Gasteiger partial charge is 0.341 e. The lowest BCUT2D eigenvalue weighted by molar-refractivity contribution is 0.141. The number of urea groups is 1. The number of hydrogen-bond acceptors (Lipinski definition) is 3. The van der Waals surface area contributed by atoms with Gasteiger partial charge in [0.2, 0.25) is 0 Å². The van der Waals surface area contributed by atoms with Gasteiger partial charge in [0, 0.05) is 31.9 Å². The molecule has 1 aliphatic rings. The highest BCUT2D eigenvalue weighted by Crippen LogP contribution is 2.16. The fourth-order valence-electron chi connectivity index (χ4n) is 3.65. The van der Waals surface area contributed by atoms with Crippen LogP contribution in [0.2, 0.25) is 0 Å². The van der Waals surface area contributed by atoms with Crippen molar-refractivity contribution in [3.63, 3.8) is 0 Å². The lowest BCUT2D eigenvalue weighted by Crippen LogP contribution is -2.49. The molecule has 1 saturated heterocycles. The van der Waals surface area contributed by atoms with Gasteiger partial charge in [-0.2, -0.15) is 0 Å². The number of hydrogen-bond donors (Lipinski definition) is 2. The second-order valence-electron chi connectivity index (χ2n) is 7.27. The van der Waals surface area contributed by atoms with Gasteiger partial charge >= 0.3 is 6.03 Å². The van der Waals surface area contributed by atoms with E-state index in [-0.39, 0.29) is 6.03 Å². The maximum Gasteiger partial charge on any atom is 0.321 e. The SMILES string of the molecule is Cc1cc(C)cc(NC(=O)N2CCN(Cc3nc4ccccc4[nH]3)CC2)c1. The number of aromatic amines is 1. The van der Waals surface area contributed by atoms with Gasteiger partial charge < -0.3 is 15.2 Å². The van der Waals surface area contributed by atoms with Crippen molar-refractivity contribution in [1.82, 2.24) is 19.8 Å². The van der Waals surface area contributed by atoms with E-state index in [1.165, 1.54) is 0 Å². The average Bonchev–Trinajstić information content (AvgIpc) is 3.03. The van der Waals surface area contributed by atoms with Crippen molar-refractivity contribution in [1.29, 1.82) is 0 Å². The first-order valence-electron chi connectivity index (χ1n) is 9.37. The van der Waals surface area contributed by atoms with Gasteiger partial charge in [0.25, 0.3) is 0 Å². The van der Waals surface area contributed by atoms with Gasteiger partial charge in [-0.15, -0.1) is 0 Å². The number of rotatable bonds is 3. The van der Waals surface area contributed by atoms with Crippen LogP contribution in [-0.2, 0) is 6.54 Å². The van der Waals surface area contributed by atoms with Gasteiger partial charge in [-0.25, -0.2) is 9.78 Å². The molecule has 0 saturated carbocycles. The third-order valence-electron chi connectivity index (χ3n) is 4.94. The molecule has 2 heterocycles. The zero-order valence-corrected chi connectivity index (χ0v) is 15.8. The van der Waals surface area contributed by atoms with E-state index >= 15 is 0 Å². The number of aromatic nitrogens is 2. The van der Waals surface area contributed by atoms with Crippen LogP contribution in [0.5, 0.6) is 0 Å². The summed E-state index contributed by atoms with van der Waals surface area (Å²) in [5.41, 5.74) is 5.24. The minimum atomic E-state index is -0.0246. The van der Waals surface area contributed by atoms with E-state index in [9.17, 15) is 4.79 Å². The highest BCUT2D eigenvalue weighted by molar-refractivity contribution is 5.89. The molecule has 2 amide bonds. The summed E-state index contributed by atoms with van der Waals surface area (Å²) >= 11 is 0. The average molecular weight is 363 g/mol. The lowest BCUT2D eigenvalue weighted by Gasteiger charge is -2.34. The molecule has 0 bridgehead atoms. The molecule has 2 aromatic carbocycles. The first kappa shape index (κ1) is 17.5. The van der Waals surface area contributed by atoms with E-state index in [1.807, 2.05) is 55.1 Å². The summed E-state index contributed by atoms with van der Waals surface area (Å²) in [5.74, 6) is 0.976. The molecule has 6 heteroatoms. The maximum atomic E-state index is 12.6. The summed E-state index contributed by atoms with van der Waals surface area (Å²) in [4.78, 5) is 24.8. The highest BCUT2D eigenvalue weighted by atomic mass is 16.2. The van der Waals surface area contributed by atoms with E-state index in [0.29, 0.717) is 0 Å². The van der Waals surface area contributed by atoms with Gasteiger partial charge in [-0.3, -0.25) is 4.90 Å². The number of nitrogens with zero attached hydrogens (tertiary/aromatic N) is 3. The number of amides is 2. The Bertz CT molecular complexity index is 903. The van der Waals surface area contributed by atoms with Crippen LogP contribution in [0.1, 0.15) is 17.0 Å². The van der Waals surface area contributed by atoms with Gasteiger partial charge in [0.1, 0.15) is 5.82 Å². The third kappa shape index (κ3) is 4.11. The topological polar surface area (TPSA) is 64.3 Å². The molecule has 1 fully saturated rings. The van der Waals surface area contributed by atoms with E-state index in [1.54, 1.807) is 0 Å². The number of anilines is 1. The monoisotopic (exact) mass is 363 g/mol. The predicted molar refractivity (Wildman–Crippen MR) is 108 cm³/mol. The Kier molecular flexibility index (Phi) is 4.81. The van der Waals surface area contributed by atoms with Crippen molar-refractivity contribution < 1.29 is 4.79 Å². The Morgan fingerprint density at radius 3 is 2.48 bits per heavy atom. The quantitative estimate of drug-likeness (QED) is 0.748. The molecule has 0 spiro atoms. The summed E-state index contributed by atoms with van der Waals surface area (Å²) in [7, 11) is 0. The Balaban J connectivity index is 1.32. The second kappa shape index (κ2) is 7.40. The number of imidazole rings is 1. The maximum absolute atomic E-state index is 12.6. The number of fused-ring (bicyclic) bond motifs is 1. The number of carbonyl (C=O) groups excluding carboxylic acids is 1. The van der Waals surface area contributed by atoms with Crippen LogP contribution in [0.25, 0.3) is 11.0 Å². The van der Waals surface area contributed by atoms with E-state index in [4.69, 9.17) is 0 Å². The van der Waals surface area contributed by atoms with Crippen molar-refractivity contribution in [2.75, 3.05) is 31.5 Å². The number of H-pyrrole nitrogens is 1. The number of nitrogens with one attached hydrogen (secondary N) is 2. The zero-order chi connectivity index (χ0) is 18.8. The second-order valence-corrected chi connectivity index (χ2v) is 7.27. The molecular formula is C21H25N5O. The van der Waals surface area contributed by atoms with Gasteiger partial charge in [-0.05, 0) is 49.2 Å². The van der Waals surface area contributed by atoms with Crippen LogP contribution in [0.4, 0.5) is 10.5 Å². The highest BCUT2D eigenvalue weighted by Gasteiger charge is 2.22. The predicted octanol–water partition coefficient (Wildman–Crippen LogP) is 3.53. The molecule has 4 rings (SSSR count). The molecule has 6 nitrogen and oxygen atoms in total. The Labute approximate surface area is 159 Å². The van der Waals surface area contributed by atoms with E-state index in [2.05, 4.69) is 26.3 Å². The summed E-state index contributed by atoms with van der Waals surface area (Å²) in [6.07, 6.45) is 0. The van der Waals surface area contributed by atoms with Gasteiger partial charge in [0.15, 0.2) is 0 Å². The summed E-state index contributed by atoms with van der Waals surface area (Å²) in [6, 6.07) is 14.2. The molecule has 0 unspecified atom stereocenters. The van der Waals surface area contributed by atoms with Crippen LogP contribution in [0.3, 0.4) is 0 Å². The number of para-hydroxylation sites is 2. The lowest BCUT2D eigenvalue weighted by atomic mass is 10.1. The first-order chi connectivity index (χ1) is 13.1. The smallest absolute Gasteiger partial charge is 0.321 e. The van der Waals surface area contributed by atoms with Gasteiger partial charge in [0.05, 0.1) is 17.6 Å². The molecule has 3 aromatic rings. The molecule has 1 aliphatic heterocycles. The van der Waals surface area contributed by atoms with Crippen LogP contribution < -0.4 is 5.32 Å². The van der Waals surface area contributed by atoms with Crippen molar-refractivity contribution in [3.8, 4) is 0 Å². The fraction of sp³-hybridized carbons (Fsp3) is 0.333. The van der Waals surface area contributed by atoms with Crippen LogP contribution in [-0.4, -0.2) is 52.0 Å². The van der Waals surface area contributed by atoms with Gasteiger partial charge in [-0.1, -0.05) is 18.2 Å². The van der Waals surface area contributed by atoms with Crippen LogP contribution >= 0.6 is 0 Å². The van der Waals surface area contributed by atoms with E-state index in [0.717, 1.165) is 66.4 Å². The number of benzene rings is 2. The Morgan fingerprint density at radius 1 is 1.07 bits per heavy atom. The van der Waals surface area contributed by atoms with Crippen molar-refractivity contribution >= 4 is 22.8 Å².